The molecule has 1 N–H and O–H groups in total. The van der Waals surface area contributed by atoms with Crippen LogP contribution in [0.2, 0.25) is 0 Å². The van der Waals surface area contributed by atoms with E-state index in [0.717, 1.165) is 25.9 Å². The minimum absolute atomic E-state index is 0.0554. The Labute approximate surface area is 151 Å². The summed E-state index contributed by atoms with van der Waals surface area (Å²) >= 11 is 0. The first-order chi connectivity index (χ1) is 11.8. The first kappa shape index (κ1) is 19.7. The number of nitrogens with zero attached hydrogens (tertiary/aromatic N) is 2. The molecule has 1 aromatic rings. The number of rotatable bonds is 6. The van der Waals surface area contributed by atoms with E-state index in [0.29, 0.717) is 35.7 Å². The number of hydrogen-bond acceptors (Lipinski definition) is 3. The van der Waals surface area contributed by atoms with Crippen molar-refractivity contribution in [3.05, 3.63) is 24.0 Å². The van der Waals surface area contributed by atoms with E-state index >= 15 is 0 Å². The van der Waals surface area contributed by atoms with Crippen molar-refractivity contribution in [3.63, 3.8) is 0 Å². The number of benzene rings is 1. The Hall–Kier alpha value is -1.62. The summed E-state index contributed by atoms with van der Waals surface area (Å²) in [5.74, 6) is 0.440. The highest BCUT2D eigenvalue weighted by molar-refractivity contribution is 5.91. The highest BCUT2D eigenvalue weighted by atomic mass is 19.1. The van der Waals surface area contributed by atoms with Gasteiger partial charge < -0.3 is 15.1 Å². The van der Waals surface area contributed by atoms with E-state index < -0.39 is 0 Å². The second kappa shape index (κ2) is 8.65. The van der Waals surface area contributed by atoms with E-state index in [9.17, 15) is 9.18 Å². The smallest absolute Gasteiger partial charge is 0.224 e. The maximum absolute atomic E-state index is 14.5. The Balaban J connectivity index is 1.95. The van der Waals surface area contributed by atoms with Crippen molar-refractivity contribution in [3.8, 4) is 0 Å². The van der Waals surface area contributed by atoms with Gasteiger partial charge in [-0.1, -0.05) is 20.8 Å². The number of hydrogen-bond donors (Lipinski definition) is 1. The fourth-order valence-electron chi connectivity index (χ4n) is 3.20. The lowest BCUT2D eigenvalue weighted by atomic mass is 9.94. The van der Waals surface area contributed by atoms with Gasteiger partial charge in [-0.2, -0.15) is 0 Å². The summed E-state index contributed by atoms with van der Waals surface area (Å²) in [6.07, 6.45) is 2.54. The Kier molecular flexibility index (Phi) is 6.82. The third-order valence-electron chi connectivity index (χ3n) is 5.41. The van der Waals surface area contributed by atoms with Crippen LogP contribution in [-0.4, -0.2) is 44.0 Å². The Bertz CT molecular complexity index is 580. The molecular weight excluding hydrogens is 317 g/mol. The SMILES string of the molecule is CC(C)C(C)CC(=O)Nc1ccc(N2CCC(N(C)C)CC2)c(F)c1. The van der Waals surface area contributed by atoms with Gasteiger partial charge in [-0.25, -0.2) is 4.39 Å². The lowest BCUT2D eigenvalue weighted by Gasteiger charge is -2.36. The highest BCUT2D eigenvalue weighted by Gasteiger charge is 2.22. The molecule has 1 fully saturated rings. The van der Waals surface area contributed by atoms with Crippen molar-refractivity contribution < 1.29 is 9.18 Å². The largest absolute Gasteiger partial charge is 0.369 e. The van der Waals surface area contributed by atoms with Crippen LogP contribution in [0.4, 0.5) is 15.8 Å². The topological polar surface area (TPSA) is 35.6 Å². The zero-order valence-corrected chi connectivity index (χ0v) is 16.2. The fourth-order valence-corrected chi connectivity index (χ4v) is 3.20. The molecule has 2 rings (SSSR count). The molecule has 1 unspecified atom stereocenters. The van der Waals surface area contributed by atoms with Crippen LogP contribution in [0.1, 0.15) is 40.0 Å². The van der Waals surface area contributed by atoms with Gasteiger partial charge in [0.2, 0.25) is 5.91 Å². The van der Waals surface area contributed by atoms with Gasteiger partial charge in [0.15, 0.2) is 0 Å². The van der Waals surface area contributed by atoms with Gasteiger partial charge in [-0.05, 0) is 57.0 Å². The minimum Gasteiger partial charge on any atom is -0.369 e. The van der Waals surface area contributed by atoms with Crippen LogP contribution in [-0.2, 0) is 4.79 Å². The number of piperidine rings is 1. The van der Waals surface area contributed by atoms with Gasteiger partial charge in [0.05, 0.1) is 5.69 Å². The Morgan fingerprint density at radius 2 is 1.92 bits per heavy atom. The van der Waals surface area contributed by atoms with E-state index in [-0.39, 0.29) is 11.7 Å². The normalized spacial score (nSPS) is 17.2. The molecule has 1 amide bonds. The fraction of sp³-hybridized carbons (Fsp3) is 0.650. The summed E-state index contributed by atoms with van der Waals surface area (Å²) in [5, 5.41) is 2.82. The second-order valence-corrected chi connectivity index (χ2v) is 7.82. The van der Waals surface area contributed by atoms with Crippen molar-refractivity contribution in [1.82, 2.24) is 4.90 Å². The van der Waals surface area contributed by atoms with Crippen LogP contribution < -0.4 is 10.2 Å². The van der Waals surface area contributed by atoms with E-state index in [2.05, 4.69) is 50.0 Å². The maximum Gasteiger partial charge on any atom is 0.224 e. The quantitative estimate of drug-likeness (QED) is 0.844. The van der Waals surface area contributed by atoms with Gasteiger partial charge in [-0.15, -0.1) is 0 Å². The molecule has 0 aliphatic carbocycles. The van der Waals surface area contributed by atoms with E-state index in [1.54, 1.807) is 12.1 Å². The number of anilines is 2. The van der Waals surface area contributed by atoms with Crippen LogP contribution in [0.25, 0.3) is 0 Å². The number of carbonyl (C=O) groups excluding carboxylic acids is 1. The number of carbonyl (C=O) groups is 1. The number of halogens is 1. The molecule has 0 aromatic heterocycles. The summed E-state index contributed by atoms with van der Waals surface area (Å²) in [6.45, 7) is 7.98. The maximum atomic E-state index is 14.5. The second-order valence-electron chi connectivity index (χ2n) is 7.82. The van der Waals surface area contributed by atoms with Crippen LogP contribution in [0.5, 0.6) is 0 Å². The minimum atomic E-state index is -0.266. The molecule has 1 atom stereocenters. The molecule has 0 saturated carbocycles. The highest BCUT2D eigenvalue weighted by Crippen LogP contribution is 2.27. The Morgan fingerprint density at radius 1 is 1.28 bits per heavy atom. The third kappa shape index (κ3) is 5.43. The van der Waals surface area contributed by atoms with Gasteiger partial charge >= 0.3 is 0 Å². The van der Waals surface area contributed by atoms with Crippen molar-refractivity contribution in [2.75, 3.05) is 37.4 Å². The molecule has 0 spiro atoms. The molecule has 1 saturated heterocycles. The van der Waals surface area contributed by atoms with Crippen LogP contribution in [0.3, 0.4) is 0 Å². The van der Waals surface area contributed by atoms with Gasteiger partial charge in [0.25, 0.3) is 0 Å². The summed E-state index contributed by atoms with van der Waals surface area (Å²) < 4.78 is 14.5. The molecule has 25 heavy (non-hydrogen) atoms. The average molecular weight is 349 g/mol. The van der Waals surface area contributed by atoms with Crippen LogP contribution in [0.15, 0.2) is 18.2 Å². The van der Waals surface area contributed by atoms with Crippen molar-refractivity contribution in [1.29, 1.82) is 0 Å². The molecule has 1 aliphatic heterocycles. The van der Waals surface area contributed by atoms with Crippen molar-refractivity contribution in [2.24, 2.45) is 11.8 Å². The van der Waals surface area contributed by atoms with Crippen molar-refractivity contribution >= 4 is 17.3 Å². The van der Waals surface area contributed by atoms with Gasteiger partial charge in [0, 0.05) is 31.2 Å². The summed E-state index contributed by atoms with van der Waals surface area (Å²) in [4.78, 5) is 16.4. The van der Waals surface area contributed by atoms with E-state index in [1.165, 1.54) is 6.07 Å². The molecular formula is C20H32FN3O. The summed E-state index contributed by atoms with van der Waals surface area (Å²) in [5.41, 5.74) is 1.16. The summed E-state index contributed by atoms with van der Waals surface area (Å²) in [7, 11) is 4.19. The molecule has 1 heterocycles. The monoisotopic (exact) mass is 349 g/mol. The molecule has 1 aromatic carbocycles. The summed E-state index contributed by atoms with van der Waals surface area (Å²) in [6, 6.07) is 5.59. The number of nitrogens with one attached hydrogen (secondary N) is 1. The lowest BCUT2D eigenvalue weighted by Crippen LogP contribution is -2.42. The van der Waals surface area contributed by atoms with Gasteiger partial charge in [0.1, 0.15) is 5.82 Å². The zero-order chi connectivity index (χ0) is 18.6. The molecule has 0 radical (unpaired) electrons. The predicted octanol–water partition coefficient (Wildman–Crippen LogP) is 3.98. The first-order valence-electron chi connectivity index (χ1n) is 9.28. The van der Waals surface area contributed by atoms with E-state index in [4.69, 9.17) is 0 Å². The third-order valence-corrected chi connectivity index (χ3v) is 5.41. The van der Waals surface area contributed by atoms with Crippen LogP contribution >= 0.6 is 0 Å². The van der Waals surface area contributed by atoms with E-state index in [1.807, 2.05) is 0 Å². The predicted molar refractivity (Wildman–Crippen MR) is 103 cm³/mol. The molecule has 140 valence electrons. The molecule has 1 aliphatic rings. The first-order valence-corrected chi connectivity index (χ1v) is 9.28. The number of amides is 1. The molecule has 5 heteroatoms. The lowest BCUT2D eigenvalue weighted by molar-refractivity contribution is -0.117. The van der Waals surface area contributed by atoms with Crippen molar-refractivity contribution in [2.45, 2.75) is 46.1 Å². The zero-order valence-electron chi connectivity index (χ0n) is 16.2. The molecule has 0 bridgehead atoms. The van der Waals surface area contributed by atoms with Gasteiger partial charge in [-0.3, -0.25) is 4.79 Å². The standard InChI is InChI=1S/C20H32FN3O/c1-14(2)15(3)12-20(25)22-16-6-7-19(18(21)13-16)24-10-8-17(9-11-24)23(4)5/h6-7,13-15,17H,8-12H2,1-5H3,(H,22,25). The Morgan fingerprint density at radius 3 is 2.44 bits per heavy atom. The van der Waals surface area contributed by atoms with Crippen LogP contribution in [0, 0.1) is 17.7 Å². The average Bonchev–Trinajstić information content (AvgIpc) is 2.54. The molecule has 4 nitrogen and oxygen atoms in total.